The lowest BCUT2D eigenvalue weighted by Crippen LogP contribution is -2.48. The molecule has 1 aromatic carbocycles. The minimum Gasteiger partial charge on any atom is -0.392 e. The standard InChI is InChI=1S/C16H23NO3S/c1-12(18)16-7-2-3-10-17(16)21(19,20)15-9-8-13-5-4-6-14(13)11-15/h8-9,11-12,16,18H,2-7,10H2,1H3. The van der Waals surface area contributed by atoms with Gasteiger partial charge in [0.1, 0.15) is 0 Å². The first kappa shape index (κ1) is 15.0. The second-order valence-electron chi connectivity index (χ2n) is 6.20. The predicted molar refractivity (Wildman–Crippen MR) is 81.7 cm³/mol. The summed E-state index contributed by atoms with van der Waals surface area (Å²) in [6.45, 7) is 2.19. The monoisotopic (exact) mass is 309 g/mol. The van der Waals surface area contributed by atoms with Crippen LogP contribution in [-0.4, -0.2) is 36.5 Å². The second kappa shape index (κ2) is 5.71. The van der Waals surface area contributed by atoms with Gasteiger partial charge in [-0.1, -0.05) is 12.5 Å². The van der Waals surface area contributed by atoms with Crippen LogP contribution in [0.15, 0.2) is 23.1 Å². The van der Waals surface area contributed by atoms with Crippen LogP contribution in [0.1, 0.15) is 43.7 Å². The van der Waals surface area contributed by atoms with Gasteiger partial charge in [-0.05, 0) is 62.3 Å². The van der Waals surface area contributed by atoms with Crippen LogP contribution < -0.4 is 0 Å². The molecule has 2 unspecified atom stereocenters. The van der Waals surface area contributed by atoms with Crippen molar-refractivity contribution in [3.05, 3.63) is 29.3 Å². The van der Waals surface area contributed by atoms with Gasteiger partial charge < -0.3 is 5.11 Å². The van der Waals surface area contributed by atoms with Gasteiger partial charge in [-0.25, -0.2) is 8.42 Å². The lowest BCUT2D eigenvalue weighted by Gasteiger charge is -2.36. The Labute approximate surface area is 126 Å². The quantitative estimate of drug-likeness (QED) is 0.930. The third-order valence-corrected chi connectivity index (χ3v) is 6.65. The largest absolute Gasteiger partial charge is 0.392 e. The normalized spacial score (nSPS) is 24.8. The van der Waals surface area contributed by atoms with E-state index in [4.69, 9.17) is 0 Å². The van der Waals surface area contributed by atoms with Gasteiger partial charge >= 0.3 is 0 Å². The van der Waals surface area contributed by atoms with Gasteiger partial charge in [0.15, 0.2) is 0 Å². The Bertz CT molecular complexity index is 624. The molecule has 0 aromatic heterocycles. The minimum atomic E-state index is -3.50. The molecule has 1 N–H and O–H groups in total. The fourth-order valence-corrected chi connectivity index (χ4v) is 5.36. The number of fused-ring (bicyclic) bond motifs is 1. The van der Waals surface area contributed by atoms with Crippen LogP contribution >= 0.6 is 0 Å². The topological polar surface area (TPSA) is 57.6 Å². The number of piperidine rings is 1. The summed E-state index contributed by atoms with van der Waals surface area (Å²) in [7, 11) is -3.50. The lowest BCUT2D eigenvalue weighted by molar-refractivity contribution is 0.0831. The smallest absolute Gasteiger partial charge is 0.243 e. The number of nitrogens with zero attached hydrogens (tertiary/aromatic N) is 1. The van der Waals surface area contributed by atoms with Crippen molar-refractivity contribution in [2.24, 2.45) is 0 Å². The summed E-state index contributed by atoms with van der Waals surface area (Å²) in [5.41, 5.74) is 2.45. The van der Waals surface area contributed by atoms with E-state index in [1.807, 2.05) is 12.1 Å². The van der Waals surface area contributed by atoms with Crippen LogP contribution in [0.5, 0.6) is 0 Å². The fourth-order valence-electron chi connectivity index (χ4n) is 3.56. The number of benzene rings is 1. The van der Waals surface area contributed by atoms with Gasteiger partial charge in [-0.15, -0.1) is 0 Å². The average Bonchev–Trinajstić information content (AvgIpc) is 2.94. The van der Waals surface area contributed by atoms with Crippen LogP contribution in [0.4, 0.5) is 0 Å². The Hall–Kier alpha value is -0.910. The maximum atomic E-state index is 12.9. The zero-order chi connectivity index (χ0) is 15.0. The molecule has 0 spiro atoms. The number of sulfonamides is 1. The molecule has 1 aliphatic heterocycles. The first-order chi connectivity index (χ1) is 10.00. The van der Waals surface area contributed by atoms with E-state index in [0.29, 0.717) is 11.4 Å². The van der Waals surface area contributed by atoms with Crippen LogP contribution in [0, 0.1) is 0 Å². The van der Waals surface area contributed by atoms with E-state index in [2.05, 4.69) is 0 Å². The number of hydrogen-bond donors (Lipinski definition) is 1. The van der Waals surface area contributed by atoms with Gasteiger partial charge in [0.2, 0.25) is 10.0 Å². The Morgan fingerprint density at radius 1 is 1.19 bits per heavy atom. The van der Waals surface area contributed by atoms with Crippen molar-refractivity contribution in [2.45, 2.75) is 62.5 Å². The molecule has 1 fully saturated rings. The average molecular weight is 309 g/mol. The van der Waals surface area contributed by atoms with Crippen molar-refractivity contribution in [3.63, 3.8) is 0 Å². The third-order valence-electron chi connectivity index (χ3n) is 4.73. The lowest BCUT2D eigenvalue weighted by atomic mass is 10.0. The zero-order valence-corrected chi connectivity index (χ0v) is 13.3. The molecule has 0 amide bonds. The summed E-state index contributed by atoms with van der Waals surface area (Å²) in [6.07, 6.45) is 5.09. The van der Waals surface area contributed by atoms with Gasteiger partial charge in [0, 0.05) is 6.54 Å². The van der Waals surface area contributed by atoms with Crippen LogP contribution in [0.25, 0.3) is 0 Å². The van der Waals surface area contributed by atoms with Gasteiger partial charge in [0.05, 0.1) is 17.0 Å². The highest BCUT2D eigenvalue weighted by Crippen LogP contribution is 2.30. The third kappa shape index (κ3) is 2.74. The molecule has 1 aliphatic carbocycles. The van der Waals surface area contributed by atoms with Gasteiger partial charge in [-0.3, -0.25) is 0 Å². The van der Waals surface area contributed by atoms with Crippen molar-refractivity contribution in [1.29, 1.82) is 0 Å². The van der Waals surface area contributed by atoms with Gasteiger partial charge in [0.25, 0.3) is 0 Å². The zero-order valence-electron chi connectivity index (χ0n) is 12.5. The van der Waals surface area contributed by atoms with E-state index < -0.39 is 16.1 Å². The molecule has 0 radical (unpaired) electrons. The number of aliphatic hydroxyl groups is 1. The highest BCUT2D eigenvalue weighted by molar-refractivity contribution is 7.89. The van der Waals surface area contributed by atoms with E-state index in [0.717, 1.165) is 38.5 Å². The first-order valence-electron chi connectivity index (χ1n) is 7.82. The van der Waals surface area contributed by atoms with Crippen LogP contribution in [0.3, 0.4) is 0 Å². The predicted octanol–water partition coefficient (Wildman–Crippen LogP) is 2.10. The maximum absolute atomic E-state index is 12.9. The molecule has 1 aromatic rings. The summed E-state index contributed by atoms with van der Waals surface area (Å²) in [4.78, 5) is 0.385. The molecule has 5 heteroatoms. The van der Waals surface area contributed by atoms with E-state index in [1.54, 1.807) is 13.0 Å². The Kier molecular flexibility index (Phi) is 4.08. The molecular formula is C16H23NO3S. The van der Waals surface area contributed by atoms with Crippen molar-refractivity contribution < 1.29 is 13.5 Å². The second-order valence-corrected chi connectivity index (χ2v) is 8.09. The van der Waals surface area contributed by atoms with E-state index in [-0.39, 0.29) is 6.04 Å². The van der Waals surface area contributed by atoms with Crippen LogP contribution in [-0.2, 0) is 22.9 Å². The number of aryl methyl sites for hydroxylation is 2. The molecule has 4 nitrogen and oxygen atoms in total. The summed E-state index contributed by atoms with van der Waals surface area (Å²) in [5, 5.41) is 9.91. The molecule has 116 valence electrons. The number of rotatable bonds is 3. The summed E-state index contributed by atoms with van der Waals surface area (Å²) >= 11 is 0. The van der Waals surface area contributed by atoms with Gasteiger partial charge in [-0.2, -0.15) is 4.31 Å². The first-order valence-corrected chi connectivity index (χ1v) is 9.26. The van der Waals surface area contributed by atoms with E-state index in [1.165, 1.54) is 15.4 Å². The molecule has 21 heavy (non-hydrogen) atoms. The maximum Gasteiger partial charge on any atom is 0.243 e. The fraction of sp³-hybridized carbons (Fsp3) is 0.625. The van der Waals surface area contributed by atoms with Crippen molar-refractivity contribution >= 4 is 10.0 Å². The SMILES string of the molecule is CC(O)C1CCCCN1S(=O)(=O)c1ccc2c(c1)CCC2. The molecule has 0 saturated carbocycles. The molecule has 1 saturated heterocycles. The van der Waals surface area contributed by atoms with E-state index >= 15 is 0 Å². The molecule has 2 atom stereocenters. The van der Waals surface area contributed by atoms with Crippen LogP contribution in [0.2, 0.25) is 0 Å². The Morgan fingerprint density at radius 2 is 1.95 bits per heavy atom. The van der Waals surface area contributed by atoms with Crippen molar-refractivity contribution in [2.75, 3.05) is 6.54 Å². The van der Waals surface area contributed by atoms with Crippen molar-refractivity contribution in [3.8, 4) is 0 Å². The summed E-state index contributed by atoms with van der Waals surface area (Å²) in [5.74, 6) is 0. The molecule has 3 rings (SSSR count). The highest BCUT2D eigenvalue weighted by atomic mass is 32.2. The summed E-state index contributed by atoms with van der Waals surface area (Å²) in [6, 6.07) is 5.23. The highest BCUT2D eigenvalue weighted by Gasteiger charge is 2.36. The molecule has 2 aliphatic rings. The molecule has 1 heterocycles. The number of aliphatic hydroxyl groups excluding tert-OH is 1. The molecular weight excluding hydrogens is 286 g/mol. The number of hydrogen-bond acceptors (Lipinski definition) is 3. The van der Waals surface area contributed by atoms with E-state index in [9.17, 15) is 13.5 Å². The Balaban J connectivity index is 1.95. The molecule has 0 bridgehead atoms. The van der Waals surface area contributed by atoms with Crippen molar-refractivity contribution in [1.82, 2.24) is 4.31 Å². The summed E-state index contributed by atoms with van der Waals surface area (Å²) < 4.78 is 27.3. The minimum absolute atomic E-state index is 0.294. The Morgan fingerprint density at radius 3 is 2.71 bits per heavy atom.